The largest absolute Gasteiger partial charge is 0.465 e. The van der Waals surface area contributed by atoms with E-state index in [4.69, 9.17) is 4.74 Å². The number of aliphatic hydroxyl groups is 1. The van der Waals surface area contributed by atoms with Crippen molar-refractivity contribution < 1.29 is 23.1 Å². The maximum atomic E-state index is 12.1. The summed E-state index contributed by atoms with van der Waals surface area (Å²) in [4.78, 5) is 14.5. The molecule has 0 spiro atoms. The molecule has 8 heteroatoms. The van der Waals surface area contributed by atoms with Crippen molar-refractivity contribution >= 4 is 21.4 Å². The summed E-state index contributed by atoms with van der Waals surface area (Å²) in [5, 5.41) is 15.9. The van der Waals surface area contributed by atoms with Crippen LogP contribution in [0.5, 0.6) is 0 Å². The Morgan fingerprint density at radius 3 is 2.25 bits per heavy atom. The second-order valence-electron chi connectivity index (χ2n) is 19.7. The van der Waals surface area contributed by atoms with Crippen LogP contribution in [0.15, 0.2) is 30.3 Å². The number of hydrogen-bond acceptors (Lipinski definition) is 7. The van der Waals surface area contributed by atoms with Crippen LogP contribution in [0.2, 0.25) is 0 Å². The van der Waals surface area contributed by atoms with E-state index in [2.05, 4.69) is 76.9 Å². The van der Waals surface area contributed by atoms with E-state index in [0.29, 0.717) is 42.3 Å². The number of allylic oxidation sites excluding steroid dienone is 2. The number of nitrogens with one attached hydrogen (secondary N) is 1. The fourth-order valence-corrected chi connectivity index (χ4v) is 15.4. The van der Waals surface area contributed by atoms with Gasteiger partial charge in [-0.1, -0.05) is 52.8 Å². The minimum atomic E-state index is -2.88. The Morgan fingerprint density at radius 1 is 0.922 bits per heavy atom. The predicted octanol–water partition coefficient (Wildman–Crippen LogP) is 7.39. The van der Waals surface area contributed by atoms with Crippen molar-refractivity contribution in [3.05, 3.63) is 41.5 Å². The van der Waals surface area contributed by atoms with Crippen LogP contribution in [0.25, 0.3) is 5.57 Å². The highest BCUT2D eigenvalue weighted by atomic mass is 32.2. The van der Waals surface area contributed by atoms with Crippen LogP contribution in [0.4, 0.5) is 0 Å². The Balaban J connectivity index is 1.15. The number of carbonyl (C=O) groups is 1. The maximum Gasteiger partial charge on any atom is 0.337 e. The summed E-state index contributed by atoms with van der Waals surface area (Å²) in [5.74, 6) is 2.75. The highest BCUT2D eigenvalue weighted by molar-refractivity contribution is 7.91. The third-order valence-electron chi connectivity index (χ3n) is 16.9. The molecule has 0 amide bonds. The monoisotopic (exact) mass is 722 g/mol. The Kier molecular flexibility index (Phi) is 9.33. The number of carbonyl (C=O) groups excluding carboxylic acids is 1. The molecule has 1 aliphatic heterocycles. The lowest BCUT2D eigenvalue weighted by atomic mass is 9.32. The van der Waals surface area contributed by atoms with Crippen molar-refractivity contribution in [2.75, 3.05) is 44.8 Å². The number of fused-ring (bicyclic) bond motifs is 7. The van der Waals surface area contributed by atoms with Crippen LogP contribution >= 0.6 is 0 Å². The maximum absolute atomic E-state index is 12.1. The quantitative estimate of drug-likeness (QED) is 0.284. The van der Waals surface area contributed by atoms with Gasteiger partial charge in [0.25, 0.3) is 0 Å². The molecule has 284 valence electrons. The molecule has 1 aromatic carbocycles. The van der Waals surface area contributed by atoms with Crippen LogP contribution in [0.1, 0.15) is 122 Å². The van der Waals surface area contributed by atoms with Crippen LogP contribution in [-0.4, -0.2) is 80.3 Å². The highest BCUT2D eigenvalue weighted by Crippen LogP contribution is 2.76. The third kappa shape index (κ3) is 5.90. The van der Waals surface area contributed by atoms with Gasteiger partial charge in [-0.25, -0.2) is 13.2 Å². The summed E-state index contributed by atoms with van der Waals surface area (Å²) < 4.78 is 29.1. The minimum absolute atomic E-state index is 0.0144. The lowest BCUT2D eigenvalue weighted by Gasteiger charge is -2.72. The van der Waals surface area contributed by atoms with Gasteiger partial charge in [0, 0.05) is 31.7 Å². The topological polar surface area (TPSA) is 95.9 Å². The summed E-state index contributed by atoms with van der Waals surface area (Å²) in [6.07, 6.45) is 13.2. The zero-order valence-corrected chi connectivity index (χ0v) is 33.6. The third-order valence-corrected chi connectivity index (χ3v) is 18.5. The molecule has 5 aliphatic carbocycles. The van der Waals surface area contributed by atoms with E-state index in [1.807, 2.05) is 12.1 Å². The summed E-state index contributed by atoms with van der Waals surface area (Å²) in [5.41, 5.74) is 3.20. The molecule has 6 aliphatic rings. The molecule has 0 bridgehead atoms. The van der Waals surface area contributed by atoms with E-state index in [0.717, 1.165) is 38.8 Å². The first-order valence-corrected chi connectivity index (χ1v) is 21.9. The Morgan fingerprint density at radius 2 is 1.61 bits per heavy atom. The summed E-state index contributed by atoms with van der Waals surface area (Å²) >= 11 is 0. The minimum Gasteiger partial charge on any atom is -0.465 e. The SMILES string of the molecule is COC(=O)c1ccc(C2=CC[C@]3(C)[C@H]4CC[C@@H]5[C@H]6C(C(C)(C)O)CC[C@]6(NCCN6CCS(=O)(=O)CC6)CC[C@@]5(C)[C@]4(C)CC[C@H]3C2(C)C)cc1. The van der Waals surface area contributed by atoms with E-state index >= 15 is 0 Å². The number of sulfone groups is 1. The number of nitrogens with zero attached hydrogens (tertiary/aromatic N) is 1. The number of ether oxygens (including phenoxy) is 1. The summed E-state index contributed by atoms with van der Waals surface area (Å²) in [6.45, 7) is 20.1. The molecule has 7 rings (SSSR count). The molecule has 1 heterocycles. The fourth-order valence-electron chi connectivity index (χ4n) is 14.1. The molecule has 5 fully saturated rings. The summed E-state index contributed by atoms with van der Waals surface area (Å²) in [6, 6.07) is 8.05. The Bertz CT molecular complexity index is 1630. The first-order valence-electron chi connectivity index (χ1n) is 20.1. The molecular formula is C43H66N2O5S. The van der Waals surface area contributed by atoms with Crippen LogP contribution in [0.3, 0.4) is 0 Å². The highest BCUT2D eigenvalue weighted by Gasteiger charge is 2.71. The first kappa shape index (κ1) is 37.6. The fraction of sp³-hybridized carbons (Fsp3) is 0.791. The average molecular weight is 723 g/mol. The molecule has 1 unspecified atom stereocenters. The number of esters is 1. The van der Waals surface area contributed by atoms with Gasteiger partial charge in [0.1, 0.15) is 0 Å². The van der Waals surface area contributed by atoms with Crippen LogP contribution in [0, 0.1) is 51.2 Å². The standard InChI is InChI=1S/C43H66N2O5S/c1-38(2)31(29-9-11-30(12-10-29)37(46)50-8)15-18-40(5)34(38)17-19-42(7)35(40)14-13-33-36-32(39(3,4)47)16-20-43(36,22-21-41(33,42)6)44-23-24-45-25-27-51(48,49)28-26-45/h9-12,15,32-36,44,47H,13-14,16-28H2,1-8H3/t32?,33-,34+,35-,36-,40+,41-,42-,43+/m1/s1. The van der Waals surface area contributed by atoms with Gasteiger partial charge >= 0.3 is 5.97 Å². The van der Waals surface area contributed by atoms with Crippen LogP contribution in [-0.2, 0) is 14.6 Å². The average Bonchev–Trinajstić information content (AvgIpc) is 3.46. The van der Waals surface area contributed by atoms with Crippen molar-refractivity contribution in [2.45, 2.75) is 117 Å². The number of rotatable bonds is 7. The number of methoxy groups -OCH3 is 1. The number of hydrogen-bond donors (Lipinski definition) is 2. The van der Waals surface area contributed by atoms with Gasteiger partial charge in [0.15, 0.2) is 9.84 Å². The number of benzene rings is 1. The van der Waals surface area contributed by atoms with E-state index in [1.54, 1.807) is 0 Å². The zero-order chi connectivity index (χ0) is 36.8. The Labute approximate surface area is 308 Å². The normalized spacial score (nSPS) is 41.7. The molecule has 2 N–H and O–H groups in total. The molecular weight excluding hydrogens is 657 g/mol. The van der Waals surface area contributed by atoms with Crippen molar-refractivity contribution in [1.82, 2.24) is 10.2 Å². The second-order valence-corrected chi connectivity index (χ2v) is 22.0. The molecule has 1 saturated heterocycles. The lowest BCUT2D eigenvalue weighted by Crippen LogP contribution is -2.68. The lowest BCUT2D eigenvalue weighted by molar-refractivity contribution is -0.225. The second kappa shape index (κ2) is 12.7. The van der Waals surface area contributed by atoms with Gasteiger partial charge in [-0.05, 0) is 146 Å². The van der Waals surface area contributed by atoms with E-state index in [1.165, 1.54) is 50.4 Å². The van der Waals surface area contributed by atoms with Gasteiger partial charge in [-0.2, -0.15) is 0 Å². The van der Waals surface area contributed by atoms with Gasteiger partial charge in [0.2, 0.25) is 0 Å². The molecule has 4 saturated carbocycles. The Hall–Kier alpha value is -1.74. The van der Waals surface area contributed by atoms with E-state index in [9.17, 15) is 18.3 Å². The summed E-state index contributed by atoms with van der Waals surface area (Å²) in [7, 11) is -1.45. The smallest absolute Gasteiger partial charge is 0.337 e. The van der Waals surface area contributed by atoms with Gasteiger partial charge in [-0.3, -0.25) is 0 Å². The molecule has 1 aromatic rings. The van der Waals surface area contributed by atoms with Gasteiger partial charge in [-0.15, -0.1) is 0 Å². The molecule has 0 aromatic heterocycles. The van der Waals surface area contributed by atoms with Gasteiger partial charge in [0.05, 0.1) is 29.8 Å². The van der Waals surface area contributed by atoms with E-state index in [-0.39, 0.29) is 50.6 Å². The molecule has 7 nitrogen and oxygen atoms in total. The zero-order valence-electron chi connectivity index (χ0n) is 32.8. The van der Waals surface area contributed by atoms with Crippen LogP contribution < -0.4 is 5.32 Å². The molecule has 0 radical (unpaired) electrons. The molecule has 51 heavy (non-hydrogen) atoms. The van der Waals surface area contributed by atoms with Crippen molar-refractivity contribution in [3.63, 3.8) is 0 Å². The van der Waals surface area contributed by atoms with Crippen molar-refractivity contribution in [3.8, 4) is 0 Å². The van der Waals surface area contributed by atoms with Crippen molar-refractivity contribution in [2.24, 2.45) is 51.2 Å². The van der Waals surface area contributed by atoms with E-state index < -0.39 is 15.4 Å². The predicted molar refractivity (Wildman–Crippen MR) is 205 cm³/mol. The molecule has 9 atom stereocenters. The van der Waals surface area contributed by atoms with Gasteiger partial charge < -0.3 is 20.1 Å². The van der Waals surface area contributed by atoms with Crippen molar-refractivity contribution in [1.29, 1.82) is 0 Å². The first-order chi connectivity index (χ1) is 23.8.